The summed E-state index contributed by atoms with van der Waals surface area (Å²) in [5.41, 5.74) is 0. The van der Waals surface area contributed by atoms with Crippen LogP contribution in [-0.2, 0) is 28.6 Å². The van der Waals surface area contributed by atoms with E-state index < -0.39 is 6.10 Å². The molecule has 0 spiro atoms. The van der Waals surface area contributed by atoms with Crippen LogP contribution in [0.15, 0.2) is 72.9 Å². The zero-order valence-electron chi connectivity index (χ0n) is 52.6. The highest BCUT2D eigenvalue weighted by Crippen LogP contribution is 2.18. The molecule has 0 rings (SSSR count). The summed E-state index contributed by atoms with van der Waals surface area (Å²) < 4.78 is 16.9. The number of rotatable bonds is 63. The van der Waals surface area contributed by atoms with Crippen molar-refractivity contribution in [2.24, 2.45) is 0 Å². The lowest BCUT2D eigenvalue weighted by Gasteiger charge is -2.18. The molecule has 0 saturated heterocycles. The second kappa shape index (κ2) is 67.4. The second-order valence-electron chi connectivity index (χ2n) is 23.1. The Labute approximate surface area is 491 Å². The Morgan fingerprint density at radius 1 is 0.266 bits per heavy atom. The van der Waals surface area contributed by atoms with E-state index >= 15 is 0 Å². The molecule has 0 bridgehead atoms. The van der Waals surface area contributed by atoms with Gasteiger partial charge in [0, 0.05) is 19.3 Å². The van der Waals surface area contributed by atoms with Crippen molar-refractivity contribution in [2.75, 3.05) is 13.2 Å². The highest BCUT2D eigenvalue weighted by Gasteiger charge is 2.19. The first-order valence-electron chi connectivity index (χ1n) is 34.4. The van der Waals surface area contributed by atoms with Crippen molar-refractivity contribution < 1.29 is 28.6 Å². The van der Waals surface area contributed by atoms with Gasteiger partial charge in [0.15, 0.2) is 6.10 Å². The number of unbranched alkanes of at least 4 members (excludes halogenated alkanes) is 40. The standard InChI is InChI=1S/C73H130O6/c1-4-7-10-13-16-19-22-25-28-31-32-33-34-35-36-37-38-39-40-43-45-48-51-54-57-60-63-66-72(75)78-69-70(79-73(76)67-64-61-58-55-52-49-46-42-30-27-24-21-18-15-12-9-6-3)68-77-71(74)65-62-59-56-53-50-47-44-41-29-26-23-20-17-14-11-8-5-2/h9,12,18,21,26-27,29-30,46,49,55,58,70H,4-8,10-11,13-17,19-20,22-25,28,31-45,47-48,50-54,56-57,59-69H2,1-3H3/b12-9-,21-18-,29-26-,30-27-,49-46-,58-55-. The monoisotopic (exact) mass is 1100 g/mol. The third kappa shape index (κ3) is 65.5. The number of hydrogen-bond acceptors (Lipinski definition) is 6. The van der Waals surface area contributed by atoms with E-state index in [0.29, 0.717) is 19.3 Å². The number of allylic oxidation sites excluding steroid dienone is 12. The Hall–Kier alpha value is -3.15. The first kappa shape index (κ1) is 75.8. The zero-order chi connectivity index (χ0) is 57.1. The fraction of sp³-hybridized carbons (Fsp3) is 0.795. The van der Waals surface area contributed by atoms with Gasteiger partial charge in [-0.2, -0.15) is 0 Å². The summed E-state index contributed by atoms with van der Waals surface area (Å²) in [6.45, 7) is 6.53. The molecule has 6 heteroatoms. The van der Waals surface area contributed by atoms with Crippen LogP contribution in [0.4, 0.5) is 0 Å². The number of carbonyl (C=O) groups excluding carboxylic acids is 3. The number of esters is 3. The fourth-order valence-corrected chi connectivity index (χ4v) is 10.1. The van der Waals surface area contributed by atoms with E-state index in [1.165, 1.54) is 231 Å². The summed E-state index contributed by atoms with van der Waals surface area (Å²) in [5.74, 6) is -0.941. The summed E-state index contributed by atoms with van der Waals surface area (Å²) in [5, 5.41) is 0. The Morgan fingerprint density at radius 2 is 0.506 bits per heavy atom. The molecule has 0 heterocycles. The molecule has 1 unspecified atom stereocenters. The van der Waals surface area contributed by atoms with E-state index in [4.69, 9.17) is 14.2 Å². The third-order valence-electron chi connectivity index (χ3n) is 15.2. The predicted molar refractivity (Wildman–Crippen MR) is 344 cm³/mol. The molecule has 0 fully saturated rings. The van der Waals surface area contributed by atoms with Gasteiger partial charge in [-0.1, -0.05) is 325 Å². The number of ether oxygens (including phenoxy) is 3. The molecule has 6 nitrogen and oxygen atoms in total. The van der Waals surface area contributed by atoms with Crippen molar-refractivity contribution in [1.82, 2.24) is 0 Å². The molecule has 0 aromatic heterocycles. The number of hydrogen-bond donors (Lipinski definition) is 0. The molecule has 0 aliphatic carbocycles. The molecule has 458 valence electrons. The Kier molecular flexibility index (Phi) is 64.7. The van der Waals surface area contributed by atoms with Crippen molar-refractivity contribution in [3.63, 3.8) is 0 Å². The molecule has 0 aliphatic heterocycles. The summed E-state index contributed by atoms with van der Waals surface area (Å²) in [4.78, 5) is 38.4. The highest BCUT2D eigenvalue weighted by molar-refractivity contribution is 5.71. The maximum Gasteiger partial charge on any atom is 0.306 e. The van der Waals surface area contributed by atoms with Crippen molar-refractivity contribution in [3.05, 3.63) is 72.9 Å². The molecule has 0 aromatic rings. The largest absolute Gasteiger partial charge is 0.462 e. The quantitative estimate of drug-likeness (QED) is 0.0261. The van der Waals surface area contributed by atoms with E-state index in [2.05, 4.69) is 93.7 Å². The minimum atomic E-state index is -0.807. The smallest absolute Gasteiger partial charge is 0.306 e. The third-order valence-corrected chi connectivity index (χ3v) is 15.2. The molecule has 0 radical (unpaired) electrons. The minimum absolute atomic E-state index is 0.0962. The van der Waals surface area contributed by atoms with Gasteiger partial charge in [0.1, 0.15) is 13.2 Å². The second-order valence-corrected chi connectivity index (χ2v) is 23.1. The van der Waals surface area contributed by atoms with E-state index in [0.717, 1.165) is 77.0 Å². The molecule has 0 N–H and O–H groups in total. The van der Waals surface area contributed by atoms with Gasteiger partial charge < -0.3 is 14.2 Å². The maximum absolute atomic E-state index is 12.9. The molecule has 0 aliphatic rings. The zero-order valence-corrected chi connectivity index (χ0v) is 52.6. The van der Waals surface area contributed by atoms with Gasteiger partial charge in [-0.25, -0.2) is 0 Å². The van der Waals surface area contributed by atoms with E-state index in [1.807, 2.05) is 0 Å². The van der Waals surface area contributed by atoms with Crippen LogP contribution in [0.25, 0.3) is 0 Å². The predicted octanol–water partition coefficient (Wildman–Crippen LogP) is 23.7. The van der Waals surface area contributed by atoms with Crippen LogP contribution in [-0.4, -0.2) is 37.2 Å². The average molecular weight is 1100 g/mol. The summed E-state index contributed by atoms with van der Waals surface area (Å²) in [6, 6.07) is 0. The van der Waals surface area contributed by atoms with Crippen molar-refractivity contribution in [2.45, 2.75) is 361 Å². The van der Waals surface area contributed by atoms with Gasteiger partial charge in [0.25, 0.3) is 0 Å². The Balaban J connectivity index is 4.31. The van der Waals surface area contributed by atoms with Gasteiger partial charge in [0.05, 0.1) is 0 Å². The van der Waals surface area contributed by atoms with Gasteiger partial charge in [-0.15, -0.1) is 0 Å². The van der Waals surface area contributed by atoms with E-state index in [-0.39, 0.29) is 37.5 Å². The average Bonchev–Trinajstić information content (AvgIpc) is 3.45. The van der Waals surface area contributed by atoms with Gasteiger partial charge >= 0.3 is 17.9 Å². The van der Waals surface area contributed by atoms with Gasteiger partial charge in [-0.05, 0) is 83.5 Å². The lowest BCUT2D eigenvalue weighted by Crippen LogP contribution is -2.30. The van der Waals surface area contributed by atoms with E-state index in [1.54, 1.807) is 0 Å². The SMILES string of the molecule is CC/C=C\C/C=C\C/C=C\C/C=C\C/C=C\CCCC(=O)OC(COC(=O)CCCCCCCCC/C=C\CCCCCCCC)COC(=O)CCCCCCCCCCCCCCCCCCCCCCCCCCCCC. The van der Waals surface area contributed by atoms with Crippen LogP contribution in [0, 0.1) is 0 Å². The molecule has 79 heavy (non-hydrogen) atoms. The topological polar surface area (TPSA) is 78.9 Å². The van der Waals surface area contributed by atoms with Crippen LogP contribution in [0.2, 0.25) is 0 Å². The lowest BCUT2D eigenvalue weighted by atomic mass is 10.0. The normalized spacial score (nSPS) is 12.5. The maximum atomic E-state index is 12.9. The van der Waals surface area contributed by atoms with Crippen LogP contribution in [0.3, 0.4) is 0 Å². The number of carbonyl (C=O) groups is 3. The Bertz CT molecular complexity index is 1450. The van der Waals surface area contributed by atoms with Crippen LogP contribution < -0.4 is 0 Å². The summed E-state index contributed by atoms with van der Waals surface area (Å²) >= 11 is 0. The van der Waals surface area contributed by atoms with Gasteiger partial charge in [0.2, 0.25) is 0 Å². The lowest BCUT2D eigenvalue weighted by molar-refractivity contribution is -0.167. The summed E-state index contributed by atoms with van der Waals surface area (Å²) in [6.07, 6.45) is 88.0. The summed E-state index contributed by atoms with van der Waals surface area (Å²) in [7, 11) is 0. The highest BCUT2D eigenvalue weighted by atomic mass is 16.6. The van der Waals surface area contributed by atoms with Crippen LogP contribution in [0.1, 0.15) is 355 Å². The first-order valence-corrected chi connectivity index (χ1v) is 34.4. The Morgan fingerprint density at radius 3 is 0.823 bits per heavy atom. The molecule has 0 saturated carbocycles. The fourth-order valence-electron chi connectivity index (χ4n) is 10.1. The molecular formula is C73H130O6. The minimum Gasteiger partial charge on any atom is -0.462 e. The molecule has 0 aromatic carbocycles. The van der Waals surface area contributed by atoms with E-state index in [9.17, 15) is 14.4 Å². The van der Waals surface area contributed by atoms with Crippen LogP contribution >= 0.6 is 0 Å². The van der Waals surface area contributed by atoms with Crippen LogP contribution in [0.5, 0.6) is 0 Å². The first-order chi connectivity index (χ1) is 39.0. The molecular weight excluding hydrogens is 973 g/mol. The van der Waals surface area contributed by atoms with Crippen molar-refractivity contribution in [3.8, 4) is 0 Å². The molecule has 0 amide bonds. The molecule has 1 atom stereocenters. The van der Waals surface area contributed by atoms with Crippen molar-refractivity contribution >= 4 is 17.9 Å². The van der Waals surface area contributed by atoms with Gasteiger partial charge in [-0.3, -0.25) is 14.4 Å². The van der Waals surface area contributed by atoms with Crippen molar-refractivity contribution in [1.29, 1.82) is 0 Å².